The first-order valence-electron chi connectivity index (χ1n) is 5.95. The van der Waals surface area contributed by atoms with E-state index in [-0.39, 0.29) is 12.5 Å². The van der Waals surface area contributed by atoms with Crippen LogP contribution < -0.4 is 10.6 Å². The highest BCUT2D eigenvalue weighted by Gasteiger charge is 2.32. The lowest BCUT2D eigenvalue weighted by Crippen LogP contribution is -2.36. The molecule has 1 fully saturated rings. The monoisotopic (exact) mass is 310 g/mol. The van der Waals surface area contributed by atoms with Gasteiger partial charge in [-0.2, -0.15) is 0 Å². The van der Waals surface area contributed by atoms with Crippen LogP contribution in [-0.2, 0) is 9.53 Å². The van der Waals surface area contributed by atoms with E-state index in [4.69, 9.17) is 4.74 Å². The molecule has 1 amide bonds. The maximum Gasteiger partial charge on any atom is 0.241 e. The Kier molecular flexibility index (Phi) is 4.43. The average Bonchev–Trinajstić information content (AvgIpc) is 2.96. The van der Waals surface area contributed by atoms with Crippen molar-refractivity contribution in [2.75, 3.05) is 19.0 Å². The molecule has 1 aromatic rings. The zero-order chi connectivity index (χ0) is 15.7. The third-order valence-electron chi connectivity index (χ3n) is 3.20. The molecule has 0 bridgehead atoms. The summed E-state index contributed by atoms with van der Waals surface area (Å²) in [6.45, 7) is 0.339. The standard InChI is InChI=1S/C12H11F5N2O2/c1-21-4-2-5(18-3-4)12(20)19-11-9(16)7(14)6(13)8(15)10(11)17/h4-5,18H,2-3H2,1H3,(H,19,20). The normalized spacial score (nSPS) is 21.6. The van der Waals surface area contributed by atoms with Gasteiger partial charge in [0.1, 0.15) is 5.69 Å². The molecule has 1 heterocycles. The molecule has 0 aliphatic carbocycles. The van der Waals surface area contributed by atoms with Crippen molar-refractivity contribution in [2.24, 2.45) is 0 Å². The van der Waals surface area contributed by atoms with Crippen LogP contribution in [0.5, 0.6) is 0 Å². The van der Waals surface area contributed by atoms with Crippen LogP contribution in [0.15, 0.2) is 0 Å². The van der Waals surface area contributed by atoms with Crippen molar-refractivity contribution in [1.82, 2.24) is 5.32 Å². The summed E-state index contributed by atoms with van der Waals surface area (Å²) in [5.74, 6) is -11.6. The van der Waals surface area contributed by atoms with Crippen molar-refractivity contribution in [1.29, 1.82) is 0 Å². The van der Waals surface area contributed by atoms with Gasteiger partial charge in [0.05, 0.1) is 12.1 Å². The average molecular weight is 310 g/mol. The van der Waals surface area contributed by atoms with Gasteiger partial charge in [0.25, 0.3) is 0 Å². The highest BCUT2D eigenvalue weighted by atomic mass is 19.2. The summed E-state index contributed by atoms with van der Waals surface area (Å²) in [7, 11) is 1.43. The van der Waals surface area contributed by atoms with Crippen LogP contribution in [0.4, 0.5) is 27.6 Å². The van der Waals surface area contributed by atoms with E-state index in [1.165, 1.54) is 7.11 Å². The minimum Gasteiger partial charge on any atom is -0.380 e. The van der Waals surface area contributed by atoms with Crippen molar-refractivity contribution in [3.63, 3.8) is 0 Å². The Labute approximate surface area is 116 Å². The van der Waals surface area contributed by atoms with Crippen LogP contribution in [0.3, 0.4) is 0 Å². The van der Waals surface area contributed by atoms with Gasteiger partial charge >= 0.3 is 0 Å². The number of carbonyl (C=O) groups excluding carboxylic acids is 1. The third kappa shape index (κ3) is 2.84. The van der Waals surface area contributed by atoms with Gasteiger partial charge in [0.2, 0.25) is 11.7 Å². The second kappa shape index (κ2) is 5.94. The molecule has 0 radical (unpaired) electrons. The Morgan fingerprint density at radius 1 is 1.10 bits per heavy atom. The first-order valence-corrected chi connectivity index (χ1v) is 5.95. The summed E-state index contributed by atoms with van der Waals surface area (Å²) < 4.78 is 70.7. The maximum absolute atomic E-state index is 13.4. The fraction of sp³-hybridized carbons (Fsp3) is 0.417. The number of hydrogen-bond acceptors (Lipinski definition) is 3. The lowest BCUT2D eigenvalue weighted by molar-refractivity contribution is -0.118. The van der Waals surface area contributed by atoms with Gasteiger partial charge in [-0.05, 0) is 6.42 Å². The van der Waals surface area contributed by atoms with Gasteiger partial charge in [-0.15, -0.1) is 0 Å². The number of halogens is 5. The number of nitrogens with one attached hydrogen (secondary N) is 2. The molecule has 0 spiro atoms. The molecule has 2 N–H and O–H groups in total. The third-order valence-corrected chi connectivity index (χ3v) is 3.20. The number of anilines is 1. The van der Waals surface area contributed by atoms with Gasteiger partial charge in [-0.25, -0.2) is 22.0 Å². The van der Waals surface area contributed by atoms with Crippen LogP contribution in [0.2, 0.25) is 0 Å². The van der Waals surface area contributed by atoms with E-state index in [0.29, 0.717) is 6.54 Å². The summed E-state index contributed by atoms with van der Waals surface area (Å²) in [4.78, 5) is 11.8. The minimum absolute atomic E-state index is 0.220. The fourth-order valence-corrected chi connectivity index (χ4v) is 2.01. The number of hydrogen-bond donors (Lipinski definition) is 2. The molecule has 1 aromatic carbocycles. The lowest BCUT2D eigenvalue weighted by atomic mass is 10.1. The first-order chi connectivity index (χ1) is 9.86. The molecule has 1 aliphatic rings. The molecular formula is C12H11F5N2O2. The number of rotatable bonds is 3. The molecule has 1 aliphatic heterocycles. The van der Waals surface area contributed by atoms with Crippen LogP contribution in [0.1, 0.15) is 6.42 Å². The summed E-state index contributed by atoms with van der Waals surface area (Å²) in [5.41, 5.74) is -1.36. The molecule has 0 saturated carbocycles. The van der Waals surface area contributed by atoms with Gasteiger partial charge in [-0.1, -0.05) is 0 Å². The van der Waals surface area contributed by atoms with Gasteiger partial charge < -0.3 is 15.4 Å². The number of carbonyl (C=O) groups is 1. The summed E-state index contributed by atoms with van der Waals surface area (Å²) in [5, 5.41) is 4.43. The Morgan fingerprint density at radius 2 is 1.62 bits per heavy atom. The predicted molar refractivity (Wildman–Crippen MR) is 62.1 cm³/mol. The van der Waals surface area contributed by atoms with Crippen LogP contribution in [0.25, 0.3) is 0 Å². The van der Waals surface area contributed by atoms with Crippen LogP contribution >= 0.6 is 0 Å². The van der Waals surface area contributed by atoms with Crippen molar-refractivity contribution < 1.29 is 31.5 Å². The molecule has 2 atom stereocenters. The Balaban J connectivity index is 2.22. The zero-order valence-electron chi connectivity index (χ0n) is 10.8. The smallest absolute Gasteiger partial charge is 0.241 e. The first kappa shape index (κ1) is 15.6. The molecule has 2 unspecified atom stereocenters. The molecular weight excluding hydrogens is 299 g/mol. The fourth-order valence-electron chi connectivity index (χ4n) is 2.01. The number of amides is 1. The summed E-state index contributed by atoms with van der Waals surface area (Å²) >= 11 is 0. The molecule has 9 heteroatoms. The highest BCUT2D eigenvalue weighted by molar-refractivity contribution is 5.95. The van der Waals surface area contributed by atoms with E-state index >= 15 is 0 Å². The molecule has 2 rings (SSSR count). The SMILES string of the molecule is COC1CNC(C(=O)Nc2c(F)c(F)c(F)c(F)c2F)C1. The molecule has 4 nitrogen and oxygen atoms in total. The number of ether oxygens (including phenoxy) is 1. The second-order valence-electron chi connectivity index (χ2n) is 4.49. The molecule has 116 valence electrons. The number of benzene rings is 1. The topological polar surface area (TPSA) is 50.4 Å². The largest absolute Gasteiger partial charge is 0.380 e. The van der Waals surface area contributed by atoms with E-state index in [0.717, 1.165) is 0 Å². The van der Waals surface area contributed by atoms with Gasteiger partial charge in [0, 0.05) is 13.7 Å². The quantitative estimate of drug-likeness (QED) is 0.507. The molecule has 0 aromatic heterocycles. The maximum atomic E-state index is 13.4. The van der Waals surface area contributed by atoms with Crippen LogP contribution in [-0.4, -0.2) is 31.7 Å². The van der Waals surface area contributed by atoms with E-state index < -0.39 is 46.7 Å². The van der Waals surface area contributed by atoms with Crippen molar-refractivity contribution in [2.45, 2.75) is 18.6 Å². The van der Waals surface area contributed by atoms with E-state index in [2.05, 4.69) is 5.32 Å². The van der Waals surface area contributed by atoms with E-state index in [1.54, 1.807) is 5.32 Å². The van der Waals surface area contributed by atoms with Crippen molar-refractivity contribution in [3.05, 3.63) is 29.1 Å². The second-order valence-corrected chi connectivity index (χ2v) is 4.49. The lowest BCUT2D eigenvalue weighted by Gasteiger charge is -2.13. The predicted octanol–water partition coefficient (Wildman–Crippen LogP) is 1.70. The van der Waals surface area contributed by atoms with E-state index in [9.17, 15) is 26.7 Å². The van der Waals surface area contributed by atoms with Crippen molar-refractivity contribution >= 4 is 11.6 Å². The van der Waals surface area contributed by atoms with E-state index in [1.807, 2.05) is 0 Å². The summed E-state index contributed by atoms with van der Waals surface area (Å²) in [6.07, 6.45) is -0.0466. The molecule has 21 heavy (non-hydrogen) atoms. The highest BCUT2D eigenvalue weighted by Crippen LogP contribution is 2.27. The Hall–Kier alpha value is -1.74. The van der Waals surface area contributed by atoms with Gasteiger partial charge in [0.15, 0.2) is 23.3 Å². The molecule has 1 saturated heterocycles. The van der Waals surface area contributed by atoms with Gasteiger partial charge in [-0.3, -0.25) is 4.79 Å². The zero-order valence-corrected chi connectivity index (χ0v) is 10.8. The Morgan fingerprint density at radius 3 is 2.10 bits per heavy atom. The Bertz CT molecular complexity index is 552. The minimum atomic E-state index is -2.28. The number of methoxy groups -OCH3 is 1. The summed E-state index contributed by atoms with van der Waals surface area (Å²) in [6, 6.07) is -0.843. The van der Waals surface area contributed by atoms with Crippen molar-refractivity contribution in [3.8, 4) is 0 Å². The van der Waals surface area contributed by atoms with Crippen LogP contribution in [0, 0.1) is 29.1 Å².